The maximum absolute atomic E-state index is 12.9. The maximum Gasteiger partial charge on any atom is 0.275 e. The smallest absolute Gasteiger partial charge is 0.275 e. The van der Waals surface area contributed by atoms with E-state index in [0.717, 1.165) is 37.3 Å². The Morgan fingerprint density at radius 2 is 1.69 bits per heavy atom. The van der Waals surface area contributed by atoms with E-state index in [9.17, 15) is 9.59 Å². The van der Waals surface area contributed by atoms with Crippen molar-refractivity contribution in [2.75, 3.05) is 32.1 Å². The number of piperidine rings is 1. The number of carbonyl (C=O) groups excluding carboxylic acids is 2. The SMILES string of the molecule is COc1cn(-c2ccccc2)nc1C(=O)NC1CCN(CC(=O)Nc2ccccc2)CC1. The van der Waals surface area contributed by atoms with Crippen LogP contribution in [-0.2, 0) is 4.79 Å². The van der Waals surface area contributed by atoms with Gasteiger partial charge < -0.3 is 15.4 Å². The Morgan fingerprint density at radius 3 is 2.34 bits per heavy atom. The standard InChI is InChI=1S/C24H27N5O3/c1-32-21-16-29(20-10-6-3-7-11-20)27-23(21)24(31)26-19-12-14-28(15-13-19)17-22(30)25-18-8-4-2-5-9-18/h2-11,16,19H,12-15,17H2,1H3,(H,25,30)(H,26,31). The first-order valence-corrected chi connectivity index (χ1v) is 10.7. The number of hydrogen-bond acceptors (Lipinski definition) is 5. The number of carbonyl (C=O) groups is 2. The van der Waals surface area contributed by atoms with Crippen LogP contribution >= 0.6 is 0 Å². The molecule has 2 heterocycles. The van der Waals surface area contributed by atoms with E-state index in [0.29, 0.717) is 12.3 Å². The largest absolute Gasteiger partial charge is 0.493 e. The number of benzene rings is 2. The highest BCUT2D eigenvalue weighted by atomic mass is 16.5. The molecule has 0 spiro atoms. The molecular formula is C24H27N5O3. The molecule has 1 aromatic heterocycles. The molecule has 8 nitrogen and oxygen atoms in total. The lowest BCUT2D eigenvalue weighted by Gasteiger charge is -2.31. The number of para-hydroxylation sites is 2. The van der Waals surface area contributed by atoms with E-state index in [1.165, 1.54) is 7.11 Å². The van der Waals surface area contributed by atoms with Gasteiger partial charge in [0.2, 0.25) is 5.91 Å². The molecule has 0 aliphatic carbocycles. The fourth-order valence-electron chi connectivity index (χ4n) is 3.79. The average molecular weight is 434 g/mol. The summed E-state index contributed by atoms with van der Waals surface area (Å²) in [6, 6.07) is 19.0. The highest BCUT2D eigenvalue weighted by Gasteiger charge is 2.25. The summed E-state index contributed by atoms with van der Waals surface area (Å²) in [4.78, 5) is 27.2. The lowest BCUT2D eigenvalue weighted by atomic mass is 10.0. The lowest BCUT2D eigenvalue weighted by Crippen LogP contribution is -2.46. The summed E-state index contributed by atoms with van der Waals surface area (Å²) >= 11 is 0. The summed E-state index contributed by atoms with van der Waals surface area (Å²) in [5, 5.41) is 10.4. The van der Waals surface area contributed by atoms with Crippen molar-refractivity contribution in [1.82, 2.24) is 20.0 Å². The van der Waals surface area contributed by atoms with Crippen LogP contribution in [0.4, 0.5) is 5.69 Å². The van der Waals surface area contributed by atoms with Crippen molar-refractivity contribution >= 4 is 17.5 Å². The van der Waals surface area contributed by atoms with Crippen LogP contribution in [-0.4, -0.2) is 59.3 Å². The van der Waals surface area contributed by atoms with E-state index < -0.39 is 0 Å². The lowest BCUT2D eigenvalue weighted by molar-refractivity contribution is -0.117. The number of amides is 2. The zero-order chi connectivity index (χ0) is 22.3. The second kappa shape index (κ2) is 10.1. The fourth-order valence-corrected chi connectivity index (χ4v) is 3.79. The van der Waals surface area contributed by atoms with Crippen LogP contribution in [0, 0.1) is 0 Å². The highest BCUT2D eigenvalue weighted by Crippen LogP contribution is 2.20. The topological polar surface area (TPSA) is 88.5 Å². The summed E-state index contributed by atoms with van der Waals surface area (Å²) in [5.74, 6) is 0.146. The molecule has 0 saturated carbocycles. The van der Waals surface area contributed by atoms with Gasteiger partial charge >= 0.3 is 0 Å². The van der Waals surface area contributed by atoms with Crippen LogP contribution in [0.15, 0.2) is 66.9 Å². The normalized spacial score (nSPS) is 14.7. The van der Waals surface area contributed by atoms with Crippen molar-refractivity contribution in [2.24, 2.45) is 0 Å². The van der Waals surface area contributed by atoms with Crippen LogP contribution in [0.1, 0.15) is 23.3 Å². The summed E-state index contributed by atoms with van der Waals surface area (Å²) in [7, 11) is 1.53. The molecule has 2 aromatic carbocycles. The fraction of sp³-hybridized carbons (Fsp3) is 0.292. The number of rotatable bonds is 7. The second-order valence-corrected chi connectivity index (χ2v) is 7.76. The molecule has 1 aliphatic rings. The first-order valence-electron chi connectivity index (χ1n) is 10.7. The molecule has 4 rings (SSSR count). The van der Waals surface area contributed by atoms with Crippen LogP contribution in [0.3, 0.4) is 0 Å². The molecule has 0 radical (unpaired) electrons. The Morgan fingerprint density at radius 1 is 1.03 bits per heavy atom. The summed E-state index contributed by atoms with van der Waals surface area (Å²) in [5.41, 5.74) is 1.91. The van der Waals surface area contributed by atoms with E-state index in [2.05, 4.69) is 20.6 Å². The maximum atomic E-state index is 12.9. The summed E-state index contributed by atoms with van der Waals surface area (Å²) in [6.07, 6.45) is 3.25. The number of likely N-dealkylation sites (tertiary alicyclic amines) is 1. The van der Waals surface area contributed by atoms with Gasteiger partial charge in [0.05, 0.1) is 25.5 Å². The Kier molecular flexibility index (Phi) is 6.81. The molecule has 8 heteroatoms. The number of ether oxygens (including phenoxy) is 1. The molecule has 0 unspecified atom stereocenters. The van der Waals surface area contributed by atoms with Crippen LogP contribution in [0.25, 0.3) is 5.69 Å². The first-order chi connectivity index (χ1) is 15.6. The zero-order valence-electron chi connectivity index (χ0n) is 18.0. The van der Waals surface area contributed by atoms with Gasteiger partial charge in [-0.1, -0.05) is 36.4 Å². The number of nitrogens with zero attached hydrogens (tertiary/aromatic N) is 3. The van der Waals surface area contributed by atoms with E-state index >= 15 is 0 Å². The van der Waals surface area contributed by atoms with Gasteiger partial charge in [-0.2, -0.15) is 5.10 Å². The molecular weight excluding hydrogens is 406 g/mol. The molecule has 2 N–H and O–H groups in total. The third-order valence-corrected chi connectivity index (χ3v) is 5.48. The molecule has 32 heavy (non-hydrogen) atoms. The van der Waals surface area contributed by atoms with Crippen LogP contribution < -0.4 is 15.4 Å². The van der Waals surface area contributed by atoms with Gasteiger partial charge in [0.1, 0.15) is 0 Å². The van der Waals surface area contributed by atoms with E-state index in [1.54, 1.807) is 10.9 Å². The van der Waals surface area contributed by atoms with Gasteiger partial charge in [0.25, 0.3) is 5.91 Å². The third kappa shape index (κ3) is 5.33. The minimum absolute atomic E-state index is 0.0301. The van der Waals surface area contributed by atoms with Crippen molar-refractivity contribution in [1.29, 1.82) is 0 Å². The number of aromatic nitrogens is 2. The molecule has 1 saturated heterocycles. The Labute approximate surface area is 187 Å². The zero-order valence-corrected chi connectivity index (χ0v) is 18.0. The first kappa shape index (κ1) is 21.6. The van der Waals surface area contributed by atoms with Crippen LogP contribution in [0.5, 0.6) is 5.75 Å². The van der Waals surface area contributed by atoms with Gasteiger partial charge in [-0.15, -0.1) is 0 Å². The number of anilines is 1. The average Bonchev–Trinajstić information content (AvgIpc) is 3.26. The third-order valence-electron chi connectivity index (χ3n) is 5.48. The molecule has 166 valence electrons. The monoisotopic (exact) mass is 433 g/mol. The van der Waals surface area contributed by atoms with E-state index in [-0.39, 0.29) is 23.6 Å². The Balaban J connectivity index is 1.29. The van der Waals surface area contributed by atoms with E-state index in [1.807, 2.05) is 60.7 Å². The molecule has 0 atom stereocenters. The Hall–Kier alpha value is -3.65. The van der Waals surface area contributed by atoms with Crippen molar-refractivity contribution in [3.63, 3.8) is 0 Å². The number of nitrogens with one attached hydrogen (secondary N) is 2. The van der Waals surface area contributed by atoms with Gasteiger partial charge in [-0.25, -0.2) is 4.68 Å². The van der Waals surface area contributed by atoms with Crippen molar-refractivity contribution in [3.05, 3.63) is 72.6 Å². The minimum Gasteiger partial charge on any atom is -0.493 e. The minimum atomic E-state index is -0.253. The highest BCUT2D eigenvalue weighted by molar-refractivity contribution is 5.95. The summed E-state index contributed by atoms with van der Waals surface area (Å²) < 4.78 is 7.01. The van der Waals surface area contributed by atoms with Gasteiger partial charge in [0, 0.05) is 24.8 Å². The van der Waals surface area contributed by atoms with Gasteiger partial charge in [-0.3, -0.25) is 14.5 Å². The Bertz CT molecular complexity index is 1040. The van der Waals surface area contributed by atoms with Crippen molar-refractivity contribution in [2.45, 2.75) is 18.9 Å². The summed E-state index contributed by atoms with van der Waals surface area (Å²) in [6.45, 7) is 1.82. The molecule has 1 aliphatic heterocycles. The molecule has 1 fully saturated rings. The van der Waals surface area contributed by atoms with Crippen molar-refractivity contribution in [3.8, 4) is 11.4 Å². The van der Waals surface area contributed by atoms with Crippen LogP contribution in [0.2, 0.25) is 0 Å². The van der Waals surface area contributed by atoms with E-state index in [4.69, 9.17) is 4.74 Å². The number of hydrogen-bond donors (Lipinski definition) is 2. The predicted molar refractivity (Wildman–Crippen MR) is 122 cm³/mol. The van der Waals surface area contributed by atoms with Gasteiger partial charge in [-0.05, 0) is 37.1 Å². The van der Waals surface area contributed by atoms with Crippen molar-refractivity contribution < 1.29 is 14.3 Å². The number of methoxy groups -OCH3 is 1. The molecule has 2 amide bonds. The predicted octanol–water partition coefficient (Wildman–Crippen LogP) is 2.71. The molecule has 0 bridgehead atoms. The van der Waals surface area contributed by atoms with Gasteiger partial charge in [0.15, 0.2) is 11.4 Å². The quantitative estimate of drug-likeness (QED) is 0.598. The molecule has 3 aromatic rings. The second-order valence-electron chi connectivity index (χ2n) is 7.76.